The minimum absolute atomic E-state index is 0.106. The van der Waals surface area contributed by atoms with E-state index in [0.717, 1.165) is 12.8 Å². The number of anilines is 1. The zero-order valence-electron chi connectivity index (χ0n) is 12.9. The Hall–Kier alpha value is -1.79. The van der Waals surface area contributed by atoms with Crippen molar-refractivity contribution in [2.75, 3.05) is 11.9 Å². The summed E-state index contributed by atoms with van der Waals surface area (Å²) in [6.45, 7) is 0.474. The first-order chi connectivity index (χ1) is 11.5. The number of amides is 1. The molecule has 0 heterocycles. The van der Waals surface area contributed by atoms with E-state index in [1.54, 1.807) is 24.3 Å². The number of hydrogen-bond donors (Lipinski definition) is 1. The Bertz CT molecular complexity index is 750. The monoisotopic (exact) mass is 394 g/mol. The Kier molecular flexibility index (Phi) is 5.26. The topological polar surface area (TPSA) is 32.3 Å². The summed E-state index contributed by atoms with van der Waals surface area (Å²) in [7, 11) is 0. The van der Waals surface area contributed by atoms with Gasteiger partial charge in [0.05, 0.1) is 12.2 Å². The predicted molar refractivity (Wildman–Crippen MR) is 92.6 cm³/mol. The van der Waals surface area contributed by atoms with Crippen LogP contribution in [0.25, 0.3) is 0 Å². The number of carbonyl (C=O) groups is 1. The van der Waals surface area contributed by atoms with E-state index in [1.165, 1.54) is 18.2 Å². The number of benzene rings is 2. The van der Waals surface area contributed by atoms with Gasteiger partial charge in [-0.1, -0.05) is 34.1 Å². The van der Waals surface area contributed by atoms with Gasteiger partial charge in [-0.2, -0.15) is 0 Å². The highest BCUT2D eigenvalue weighted by molar-refractivity contribution is 9.10. The van der Waals surface area contributed by atoms with Gasteiger partial charge in [0.1, 0.15) is 11.6 Å². The molecule has 1 saturated carbocycles. The van der Waals surface area contributed by atoms with Crippen molar-refractivity contribution in [1.82, 2.24) is 4.90 Å². The Labute approximate surface area is 147 Å². The number of carbonyl (C=O) groups excluding carboxylic acids is 1. The van der Waals surface area contributed by atoms with E-state index in [9.17, 15) is 13.6 Å². The van der Waals surface area contributed by atoms with Gasteiger partial charge in [-0.3, -0.25) is 9.69 Å². The van der Waals surface area contributed by atoms with Crippen molar-refractivity contribution < 1.29 is 13.6 Å². The van der Waals surface area contributed by atoms with E-state index in [1.807, 2.05) is 4.90 Å². The summed E-state index contributed by atoms with van der Waals surface area (Å²) in [5.74, 6) is -1.08. The van der Waals surface area contributed by atoms with E-state index in [2.05, 4.69) is 21.2 Å². The maximum absolute atomic E-state index is 13.8. The molecular weight excluding hydrogens is 378 g/mol. The van der Waals surface area contributed by atoms with Crippen molar-refractivity contribution in [3.63, 3.8) is 0 Å². The third kappa shape index (κ3) is 4.39. The Morgan fingerprint density at radius 3 is 2.58 bits per heavy atom. The molecule has 0 saturated heterocycles. The van der Waals surface area contributed by atoms with E-state index in [4.69, 9.17) is 0 Å². The molecule has 0 atom stereocenters. The van der Waals surface area contributed by atoms with E-state index >= 15 is 0 Å². The minimum atomic E-state index is -0.496. The van der Waals surface area contributed by atoms with Crippen LogP contribution in [-0.2, 0) is 11.3 Å². The standard InChI is InChI=1S/C18H17BrF2N2O/c19-13-5-8-17(16(21)9-13)22-18(24)11-23(14-6-7-14)10-12-3-1-2-4-15(12)20/h1-5,8-9,14H,6-7,10-11H2,(H,22,24). The summed E-state index contributed by atoms with van der Waals surface area (Å²) in [5.41, 5.74) is 0.705. The van der Waals surface area contributed by atoms with Crippen LogP contribution in [0.15, 0.2) is 46.9 Å². The van der Waals surface area contributed by atoms with E-state index in [0.29, 0.717) is 16.6 Å². The van der Waals surface area contributed by atoms with Gasteiger partial charge in [0, 0.05) is 22.6 Å². The third-order valence-corrected chi connectivity index (χ3v) is 4.44. The van der Waals surface area contributed by atoms with Crippen LogP contribution >= 0.6 is 15.9 Å². The fourth-order valence-corrected chi connectivity index (χ4v) is 2.90. The van der Waals surface area contributed by atoms with Crippen LogP contribution in [0.4, 0.5) is 14.5 Å². The quantitative estimate of drug-likeness (QED) is 0.790. The predicted octanol–water partition coefficient (Wildman–Crippen LogP) is 4.33. The smallest absolute Gasteiger partial charge is 0.238 e. The Morgan fingerprint density at radius 1 is 1.17 bits per heavy atom. The molecule has 1 fully saturated rings. The first-order valence-electron chi connectivity index (χ1n) is 7.75. The summed E-state index contributed by atoms with van der Waals surface area (Å²) in [6, 6.07) is 11.3. The molecular formula is C18H17BrF2N2O. The average molecular weight is 395 g/mol. The first-order valence-corrected chi connectivity index (χ1v) is 8.54. The lowest BCUT2D eigenvalue weighted by molar-refractivity contribution is -0.117. The van der Waals surface area contributed by atoms with Gasteiger partial charge in [0.15, 0.2) is 0 Å². The highest BCUT2D eigenvalue weighted by Gasteiger charge is 2.30. The number of rotatable bonds is 6. The molecule has 2 aromatic rings. The van der Waals surface area contributed by atoms with Crippen molar-refractivity contribution in [2.24, 2.45) is 0 Å². The lowest BCUT2D eigenvalue weighted by atomic mass is 10.2. The maximum Gasteiger partial charge on any atom is 0.238 e. The SMILES string of the molecule is O=C(CN(Cc1ccccc1F)C1CC1)Nc1ccc(Br)cc1F. The second-order valence-corrected chi connectivity index (χ2v) is 6.82. The van der Waals surface area contributed by atoms with Gasteiger partial charge in [-0.25, -0.2) is 8.78 Å². The van der Waals surface area contributed by atoms with E-state index in [-0.39, 0.29) is 30.0 Å². The van der Waals surface area contributed by atoms with Crippen LogP contribution in [0, 0.1) is 11.6 Å². The Balaban J connectivity index is 1.65. The largest absolute Gasteiger partial charge is 0.322 e. The van der Waals surface area contributed by atoms with Crippen LogP contribution in [0.2, 0.25) is 0 Å². The summed E-state index contributed by atoms with van der Waals surface area (Å²) >= 11 is 3.18. The molecule has 1 amide bonds. The molecule has 0 radical (unpaired) electrons. The van der Waals surface area contributed by atoms with Crippen molar-refractivity contribution in [1.29, 1.82) is 0 Å². The number of halogens is 3. The first kappa shape index (κ1) is 17.0. The molecule has 2 aromatic carbocycles. The molecule has 1 aliphatic rings. The second-order valence-electron chi connectivity index (χ2n) is 5.90. The van der Waals surface area contributed by atoms with Gasteiger partial charge >= 0.3 is 0 Å². The summed E-state index contributed by atoms with van der Waals surface area (Å²) in [6.07, 6.45) is 1.99. The van der Waals surface area contributed by atoms with Crippen molar-refractivity contribution >= 4 is 27.5 Å². The van der Waals surface area contributed by atoms with Crippen molar-refractivity contribution in [3.05, 3.63) is 64.1 Å². The van der Waals surface area contributed by atoms with Gasteiger partial charge in [0.2, 0.25) is 5.91 Å². The fraction of sp³-hybridized carbons (Fsp3) is 0.278. The van der Waals surface area contributed by atoms with E-state index < -0.39 is 5.82 Å². The molecule has 0 aromatic heterocycles. The van der Waals surface area contributed by atoms with Gasteiger partial charge in [-0.15, -0.1) is 0 Å². The molecule has 0 bridgehead atoms. The highest BCUT2D eigenvalue weighted by Crippen LogP contribution is 2.28. The summed E-state index contributed by atoms with van der Waals surface area (Å²) < 4.78 is 28.2. The lowest BCUT2D eigenvalue weighted by Crippen LogP contribution is -2.34. The second kappa shape index (κ2) is 7.40. The average Bonchev–Trinajstić information content (AvgIpc) is 3.36. The highest BCUT2D eigenvalue weighted by atomic mass is 79.9. The van der Waals surface area contributed by atoms with Crippen LogP contribution in [0.5, 0.6) is 0 Å². The summed E-state index contributed by atoms with van der Waals surface area (Å²) in [4.78, 5) is 14.2. The van der Waals surface area contributed by atoms with Crippen LogP contribution in [0.1, 0.15) is 18.4 Å². The molecule has 1 N–H and O–H groups in total. The maximum atomic E-state index is 13.8. The van der Waals surface area contributed by atoms with Gasteiger partial charge in [-0.05, 0) is 37.1 Å². The van der Waals surface area contributed by atoms with Crippen LogP contribution in [0.3, 0.4) is 0 Å². The fourth-order valence-electron chi connectivity index (χ4n) is 2.56. The summed E-state index contributed by atoms with van der Waals surface area (Å²) in [5, 5.41) is 2.58. The molecule has 3 nitrogen and oxygen atoms in total. The number of nitrogens with zero attached hydrogens (tertiary/aromatic N) is 1. The molecule has 0 aliphatic heterocycles. The number of hydrogen-bond acceptors (Lipinski definition) is 2. The van der Waals surface area contributed by atoms with Gasteiger partial charge < -0.3 is 5.32 Å². The molecule has 0 spiro atoms. The van der Waals surface area contributed by atoms with Crippen LogP contribution in [-0.4, -0.2) is 23.4 Å². The van der Waals surface area contributed by atoms with Crippen molar-refractivity contribution in [2.45, 2.75) is 25.4 Å². The molecule has 6 heteroatoms. The molecule has 126 valence electrons. The van der Waals surface area contributed by atoms with Gasteiger partial charge in [0.25, 0.3) is 0 Å². The Morgan fingerprint density at radius 2 is 1.92 bits per heavy atom. The molecule has 0 unspecified atom stereocenters. The lowest BCUT2D eigenvalue weighted by Gasteiger charge is -2.22. The normalized spacial score (nSPS) is 14.0. The number of nitrogens with one attached hydrogen (secondary N) is 1. The zero-order valence-corrected chi connectivity index (χ0v) is 14.5. The van der Waals surface area contributed by atoms with Crippen LogP contribution < -0.4 is 5.32 Å². The molecule has 1 aliphatic carbocycles. The molecule has 3 rings (SSSR count). The third-order valence-electron chi connectivity index (χ3n) is 3.95. The molecule has 24 heavy (non-hydrogen) atoms. The minimum Gasteiger partial charge on any atom is -0.322 e. The van der Waals surface area contributed by atoms with Crippen molar-refractivity contribution in [3.8, 4) is 0 Å². The zero-order chi connectivity index (χ0) is 17.1.